The topological polar surface area (TPSA) is 12.5 Å². The third-order valence-corrected chi connectivity index (χ3v) is 3.10. The summed E-state index contributed by atoms with van der Waals surface area (Å²) >= 11 is 0. The predicted molar refractivity (Wildman–Crippen MR) is 55.9 cm³/mol. The van der Waals surface area contributed by atoms with Crippen molar-refractivity contribution in [1.82, 2.24) is 4.90 Å². The lowest BCUT2D eigenvalue weighted by atomic mass is 9.88. The lowest BCUT2D eigenvalue weighted by Crippen LogP contribution is -2.39. The van der Waals surface area contributed by atoms with Crippen molar-refractivity contribution in [3.63, 3.8) is 0 Å². The highest BCUT2D eigenvalue weighted by Crippen LogP contribution is 2.22. The largest absolute Gasteiger partial charge is 0.383 e. The van der Waals surface area contributed by atoms with Crippen molar-refractivity contribution in [2.45, 2.75) is 26.7 Å². The van der Waals surface area contributed by atoms with E-state index in [0.29, 0.717) is 0 Å². The summed E-state index contributed by atoms with van der Waals surface area (Å²) in [6, 6.07) is 0. The fourth-order valence-corrected chi connectivity index (χ4v) is 2.06. The standard InChI is InChI=1S/C11H23NO/c1-10(2)11-5-4-6-12(9-11)7-8-13-3/h10-11H,4-9H2,1-3H3/t11-/m0/s1. The third-order valence-electron chi connectivity index (χ3n) is 3.10. The lowest BCUT2D eigenvalue weighted by molar-refractivity contribution is 0.101. The van der Waals surface area contributed by atoms with E-state index < -0.39 is 0 Å². The Kier molecular flexibility index (Phi) is 4.74. The first-order valence-corrected chi connectivity index (χ1v) is 5.45. The fraction of sp³-hybridized carbons (Fsp3) is 1.00. The Bertz CT molecular complexity index is 136. The second-order valence-electron chi connectivity index (χ2n) is 4.44. The van der Waals surface area contributed by atoms with Crippen molar-refractivity contribution in [3.05, 3.63) is 0 Å². The highest BCUT2D eigenvalue weighted by Gasteiger charge is 2.21. The van der Waals surface area contributed by atoms with E-state index in [0.717, 1.165) is 25.0 Å². The van der Waals surface area contributed by atoms with E-state index in [2.05, 4.69) is 18.7 Å². The second-order valence-corrected chi connectivity index (χ2v) is 4.44. The van der Waals surface area contributed by atoms with E-state index in [9.17, 15) is 0 Å². The molecule has 0 aromatic carbocycles. The maximum Gasteiger partial charge on any atom is 0.0589 e. The quantitative estimate of drug-likeness (QED) is 0.664. The SMILES string of the molecule is COCCN1CCC[C@H](C(C)C)C1. The molecule has 1 atom stereocenters. The van der Waals surface area contributed by atoms with Gasteiger partial charge in [-0.2, -0.15) is 0 Å². The summed E-state index contributed by atoms with van der Waals surface area (Å²) in [4.78, 5) is 2.54. The smallest absolute Gasteiger partial charge is 0.0589 e. The second kappa shape index (κ2) is 5.61. The van der Waals surface area contributed by atoms with Crippen molar-refractivity contribution in [1.29, 1.82) is 0 Å². The Morgan fingerprint density at radius 1 is 1.46 bits per heavy atom. The molecule has 0 bridgehead atoms. The number of methoxy groups -OCH3 is 1. The molecule has 0 spiro atoms. The first kappa shape index (κ1) is 11.0. The van der Waals surface area contributed by atoms with Crippen molar-refractivity contribution in [2.24, 2.45) is 11.8 Å². The van der Waals surface area contributed by atoms with Gasteiger partial charge in [0.25, 0.3) is 0 Å². The molecule has 0 amide bonds. The summed E-state index contributed by atoms with van der Waals surface area (Å²) in [5, 5.41) is 0. The van der Waals surface area contributed by atoms with Gasteiger partial charge in [0.15, 0.2) is 0 Å². The van der Waals surface area contributed by atoms with Crippen molar-refractivity contribution in [2.75, 3.05) is 33.4 Å². The van der Waals surface area contributed by atoms with E-state index in [1.54, 1.807) is 7.11 Å². The van der Waals surface area contributed by atoms with Crippen LogP contribution in [0.3, 0.4) is 0 Å². The molecular formula is C11H23NO. The molecule has 1 fully saturated rings. The van der Waals surface area contributed by atoms with Crippen LogP contribution < -0.4 is 0 Å². The van der Waals surface area contributed by atoms with Crippen LogP contribution in [0.25, 0.3) is 0 Å². The molecule has 1 saturated heterocycles. The first-order chi connectivity index (χ1) is 6.24. The zero-order chi connectivity index (χ0) is 9.68. The Hall–Kier alpha value is -0.0800. The van der Waals surface area contributed by atoms with Crippen molar-refractivity contribution < 1.29 is 4.74 Å². The van der Waals surface area contributed by atoms with Gasteiger partial charge in [-0.05, 0) is 31.2 Å². The number of piperidine rings is 1. The number of nitrogens with zero attached hydrogens (tertiary/aromatic N) is 1. The van der Waals surface area contributed by atoms with Crippen LogP contribution in [0.5, 0.6) is 0 Å². The summed E-state index contributed by atoms with van der Waals surface area (Å²) in [5.74, 6) is 1.75. The molecule has 13 heavy (non-hydrogen) atoms. The van der Waals surface area contributed by atoms with Crippen LogP contribution in [0, 0.1) is 11.8 Å². The van der Waals surface area contributed by atoms with Crippen LogP contribution in [0.2, 0.25) is 0 Å². The molecule has 1 rings (SSSR count). The molecular weight excluding hydrogens is 162 g/mol. The highest BCUT2D eigenvalue weighted by atomic mass is 16.5. The van der Waals surface area contributed by atoms with E-state index in [4.69, 9.17) is 4.74 Å². The van der Waals surface area contributed by atoms with E-state index in [1.165, 1.54) is 25.9 Å². The van der Waals surface area contributed by atoms with Crippen LogP contribution in [0.15, 0.2) is 0 Å². The normalized spacial score (nSPS) is 25.4. The minimum atomic E-state index is 0.838. The third kappa shape index (κ3) is 3.65. The van der Waals surface area contributed by atoms with Crippen LogP contribution in [-0.4, -0.2) is 38.3 Å². The average Bonchev–Trinajstić information content (AvgIpc) is 2.15. The van der Waals surface area contributed by atoms with Crippen LogP contribution in [0.4, 0.5) is 0 Å². The maximum absolute atomic E-state index is 5.10. The fourth-order valence-electron chi connectivity index (χ4n) is 2.06. The van der Waals surface area contributed by atoms with Gasteiger partial charge >= 0.3 is 0 Å². The molecule has 1 aliphatic heterocycles. The summed E-state index contributed by atoms with van der Waals surface area (Å²) < 4.78 is 5.10. The zero-order valence-corrected chi connectivity index (χ0v) is 9.25. The van der Waals surface area contributed by atoms with E-state index >= 15 is 0 Å². The van der Waals surface area contributed by atoms with Gasteiger partial charge in [0.05, 0.1) is 6.61 Å². The summed E-state index contributed by atoms with van der Waals surface area (Å²) in [6.45, 7) is 9.22. The minimum absolute atomic E-state index is 0.838. The van der Waals surface area contributed by atoms with Gasteiger partial charge in [0, 0.05) is 20.2 Å². The molecule has 0 aromatic heterocycles. The summed E-state index contributed by atoms with van der Waals surface area (Å²) in [5.41, 5.74) is 0. The van der Waals surface area contributed by atoms with Crippen molar-refractivity contribution in [3.8, 4) is 0 Å². The van der Waals surface area contributed by atoms with Crippen LogP contribution >= 0.6 is 0 Å². The van der Waals surface area contributed by atoms with Gasteiger partial charge in [-0.3, -0.25) is 0 Å². The maximum atomic E-state index is 5.10. The molecule has 0 radical (unpaired) electrons. The minimum Gasteiger partial charge on any atom is -0.383 e. The molecule has 78 valence electrons. The number of hydrogen-bond donors (Lipinski definition) is 0. The molecule has 0 unspecified atom stereocenters. The Labute approximate surface area is 82.3 Å². The Morgan fingerprint density at radius 3 is 2.85 bits per heavy atom. The molecule has 0 N–H and O–H groups in total. The molecule has 1 heterocycles. The van der Waals surface area contributed by atoms with E-state index in [1.807, 2.05) is 0 Å². The summed E-state index contributed by atoms with van der Waals surface area (Å²) in [7, 11) is 1.78. The van der Waals surface area contributed by atoms with E-state index in [-0.39, 0.29) is 0 Å². The van der Waals surface area contributed by atoms with Gasteiger partial charge in [0.1, 0.15) is 0 Å². The molecule has 2 heteroatoms. The zero-order valence-electron chi connectivity index (χ0n) is 9.25. The monoisotopic (exact) mass is 185 g/mol. The highest BCUT2D eigenvalue weighted by molar-refractivity contribution is 4.74. The van der Waals surface area contributed by atoms with Crippen LogP contribution in [0.1, 0.15) is 26.7 Å². The molecule has 1 aliphatic rings. The number of hydrogen-bond acceptors (Lipinski definition) is 2. The van der Waals surface area contributed by atoms with Gasteiger partial charge in [-0.1, -0.05) is 13.8 Å². The number of rotatable bonds is 4. The Morgan fingerprint density at radius 2 is 2.23 bits per heavy atom. The van der Waals surface area contributed by atoms with Gasteiger partial charge in [0.2, 0.25) is 0 Å². The molecule has 0 aromatic rings. The molecule has 2 nitrogen and oxygen atoms in total. The molecule has 0 aliphatic carbocycles. The molecule has 0 saturated carbocycles. The van der Waals surface area contributed by atoms with Gasteiger partial charge in [-0.25, -0.2) is 0 Å². The lowest BCUT2D eigenvalue weighted by Gasteiger charge is -2.34. The van der Waals surface area contributed by atoms with Gasteiger partial charge < -0.3 is 9.64 Å². The number of likely N-dealkylation sites (tertiary alicyclic amines) is 1. The Balaban J connectivity index is 2.25. The van der Waals surface area contributed by atoms with Crippen molar-refractivity contribution >= 4 is 0 Å². The van der Waals surface area contributed by atoms with Gasteiger partial charge in [-0.15, -0.1) is 0 Å². The predicted octanol–water partition coefficient (Wildman–Crippen LogP) is 2.00. The summed E-state index contributed by atoms with van der Waals surface area (Å²) in [6.07, 6.45) is 2.79. The first-order valence-electron chi connectivity index (χ1n) is 5.45. The average molecular weight is 185 g/mol. The number of ether oxygens (including phenoxy) is 1. The van der Waals surface area contributed by atoms with Crippen LogP contribution in [-0.2, 0) is 4.74 Å².